The van der Waals surface area contributed by atoms with E-state index in [0.29, 0.717) is 11.3 Å². The molecule has 0 radical (unpaired) electrons. The molecule has 6 nitrogen and oxygen atoms in total. The molecule has 0 spiro atoms. The van der Waals surface area contributed by atoms with Crippen LogP contribution in [-0.4, -0.2) is 21.0 Å². The minimum absolute atomic E-state index is 0.0573. The maximum atomic E-state index is 11.1. The Kier molecular flexibility index (Phi) is 3.91. The van der Waals surface area contributed by atoms with Crippen molar-refractivity contribution < 1.29 is 14.6 Å². The lowest BCUT2D eigenvalue weighted by molar-refractivity contribution is 0.0684. The van der Waals surface area contributed by atoms with Crippen molar-refractivity contribution in [1.29, 1.82) is 5.26 Å². The van der Waals surface area contributed by atoms with E-state index in [-0.39, 0.29) is 23.7 Å². The highest BCUT2D eigenvalue weighted by molar-refractivity contribution is 5.88. The minimum Gasteiger partial charge on any atom is -0.486 e. The van der Waals surface area contributed by atoms with E-state index in [0.717, 1.165) is 0 Å². The second kappa shape index (κ2) is 5.80. The maximum absolute atomic E-state index is 11.1. The Bertz CT molecular complexity index is 692. The summed E-state index contributed by atoms with van der Waals surface area (Å²) in [6.07, 6.45) is 1.51. The molecule has 0 aromatic carbocycles. The SMILES string of the molecule is Cc1ccc(OCc2cccnc2C#N)c(C(=O)O)n1. The second-order valence-electron chi connectivity index (χ2n) is 4.02. The fourth-order valence-corrected chi connectivity index (χ4v) is 1.62. The van der Waals surface area contributed by atoms with Crippen LogP contribution in [0.2, 0.25) is 0 Å². The van der Waals surface area contributed by atoms with Crippen LogP contribution in [0.4, 0.5) is 0 Å². The highest BCUT2D eigenvalue weighted by atomic mass is 16.5. The Hall–Kier alpha value is -2.94. The Balaban J connectivity index is 2.24. The largest absolute Gasteiger partial charge is 0.486 e. The van der Waals surface area contributed by atoms with E-state index < -0.39 is 5.97 Å². The van der Waals surface area contributed by atoms with Crippen molar-refractivity contribution in [3.63, 3.8) is 0 Å². The molecular formula is C14H11N3O3. The summed E-state index contributed by atoms with van der Waals surface area (Å²) in [7, 11) is 0. The summed E-state index contributed by atoms with van der Waals surface area (Å²) in [6.45, 7) is 1.76. The molecule has 20 heavy (non-hydrogen) atoms. The number of hydrogen-bond donors (Lipinski definition) is 1. The zero-order chi connectivity index (χ0) is 14.5. The molecule has 0 amide bonds. The number of nitriles is 1. The third kappa shape index (κ3) is 2.90. The summed E-state index contributed by atoms with van der Waals surface area (Å²) in [5.74, 6) is -0.994. The lowest BCUT2D eigenvalue weighted by Gasteiger charge is -2.09. The number of carbonyl (C=O) groups is 1. The van der Waals surface area contributed by atoms with Gasteiger partial charge in [-0.1, -0.05) is 6.07 Å². The Morgan fingerprint density at radius 1 is 1.45 bits per heavy atom. The Morgan fingerprint density at radius 3 is 2.95 bits per heavy atom. The van der Waals surface area contributed by atoms with Gasteiger partial charge in [0.05, 0.1) is 0 Å². The van der Waals surface area contributed by atoms with Gasteiger partial charge in [-0.05, 0) is 25.1 Å². The molecule has 2 heterocycles. The number of carboxylic acid groups (broad SMARTS) is 1. The molecule has 0 saturated carbocycles. The zero-order valence-corrected chi connectivity index (χ0v) is 10.7. The standard InChI is InChI=1S/C14H11N3O3/c1-9-4-5-12(13(17-9)14(18)19)20-8-10-3-2-6-16-11(10)7-15/h2-6H,8H2,1H3,(H,18,19). The van der Waals surface area contributed by atoms with Crippen LogP contribution in [0.15, 0.2) is 30.5 Å². The van der Waals surface area contributed by atoms with Gasteiger partial charge in [-0.3, -0.25) is 0 Å². The number of pyridine rings is 2. The summed E-state index contributed by atoms with van der Waals surface area (Å²) in [6, 6.07) is 8.56. The van der Waals surface area contributed by atoms with Crippen molar-refractivity contribution in [3.05, 3.63) is 53.1 Å². The quantitative estimate of drug-likeness (QED) is 0.911. The van der Waals surface area contributed by atoms with Crippen molar-refractivity contribution in [2.45, 2.75) is 13.5 Å². The molecule has 0 fully saturated rings. The summed E-state index contributed by atoms with van der Waals surface area (Å²) < 4.78 is 5.45. The van der Waals surface area contributed by atoms with Crippen LogP contribution in [0.3, 0.4) is 0 Å². The van der Waals surface area contributed by atoms with Crippen LogP contribution in [0.1, 0.15) is 27.4 Å². The number of nitrogens with zero attached hydrogens (tertiary/aromatic N) is 3. The first-order valence-electron chi connectivity index (χ1n) is 5.79. The van der Waals surface area contributed by atoms with Crippen molar-refractivity contribution in [2.75, 3.05) is 0 Å². The predicted molar refractivity (Wildman–Crippen MR) is 69.2 cm³/mol. The molecule has 2 aromatic heterocycles. The molecule has 0 aliphatic carbocycles. The number of aromatic nitrogens is 2. The third-order valence-electron chi connectivity index (χ3n) is 2.58. The summed E-state index contributed by atoms with van der Waals surface area (Å²) in [5.41, 5.74) is 1.29. The fraction of sp³-hybridized carbons (Fsp3) is 0.143. The molecule has 0 saturated heterocycles. The van der Waals surface area contributed by atoms with Gasteiger partial charge in [0.15, 0.2) is 11.4 Å². The lowest BCUT2D eigenvalue weighted by atomic mass is 10.2. The molecule has 2 rings (SSSR count). The summed E-state index contributed by atoms with van der Waals surface area (Å²) in [5, 5.41) is 18.0. The molecule has 2 aromatic rings. The molecule has 0 aliphatic rings. The normalized spacial score (nSPS) is 9.80. The van der Waals surface area contributed by atoms with E-state index in [2.05, 4.69) is 9.97 Å². The molecule has 0 atom stereocenters. The van der Waals surface area contributed by atoms with Gasteiger partial charge in [0, 0.05) is 17.5 Å². The van der Waals surface area contributed by atoms with Gasteiger partial charge in [0.2, 0.25) is 0 Å². The van der Waals surface area contributed by atoms with Crippen LogP contribution in [0.25, 0.3) is 0 Å². The van der Waals surface area contributed by atoms with Crippen LogP contribution in [-0.2, 0) is 6.61 Å². The first-order valence-corrected chi connectivity index (χ1v) is 5.79. The number of aryl methyl sites for hydroxylation is 1. The fourth-order valence-electron chi connectivity index (χ4n) is 1.62. The van der Waals surface area contributed by atoms with E-state index in [1.807, 2.05) is 6.07 Å². The van der Waals surface area contributed by atoms with Gasteiger partial charge in [0.25, 0.3) is 0 Å². The monoisotopic (exact) mass is 269 g/mol. The predicted octanol–water partition coefficient (Wildman–Crippen LogP) is 1.93. The van der Waals surface area contributed by atoms with Gasteiger partial charge in [-0.15, -0.1) is 0 Å². The van der Waals surface area contributed by atoms with Crippen molar-refractivity contribution in [3.8, 4) is 11.8 Å². The molecular weight excluding hydrogens is 258 g/mol. The average Bonchev–Trinajstić information content (AvgIpc) is 2.46. The smallest absolute Gasteiger partial charge is 0.358 e. The maximum Gasteiger partial charge on any atom is 0.358 e. The zero-order valence-electron chi connectivity index (χ0n) is 10.7. The number of hydrogen-bond acceptors (Lipinski definition) is 5. The molecule has 0 unspecified atom stereocenters. The molecule has 1 N–H and O–H groups in total. The Morgan fingerprint density at radius 2 is 2.25 bits per heavy atom. The average molecular weight is 269 g/mol. The summed E-state index contributed by atoms with van der Waals surface area (Å²) >= 11 is 0. The number of rotatable bonds is 4. The van der Waals surface area contributed by atoms with Crippen LogP contribution in [0.5, 0.6) is 5.75 Å². The highest BCUT2D eigenvalue weighted by Gasteiger charge is 2.14. The van der Waals surface area contributed by atoms with Crippen LogP contribution in [0, 0.1) is 18.3 Å². The first-order chi connectivity index (χ1) is 9.61. The molecule has 6 heteroatoms. The highest BCUT2D eigenvalue weighted by Crippen LogP contribution is 2.19. The minimum atomic E-state index is -1.16. The molecule has 0 aliphatic heterocycles. The van der Waals surface area contributed by atoms with Crippen LogP contribution >= 0.6 is 0 Å². The van der Waals surface area contributed by atoms with Gasteiger partial charge in [-0.2, -0.15) is 5.26 Å². The van der Waals surface area contributed by atoms with Crippen molar-refractivity contribution in [1.82, 2.24) is 9.97 Å². The van der Waals surface area contributed by atoms with E-state index in [4.69, 9.17) is 15.1 Å². The Labute approximate surface area is 115 Å². The van der Waals surface area contributed by atoms with Crippen molar-refractivity contribution >= 4 is 5.97 Å². The van der Waals surface area contributed by atoms with E-state index >= 15 is 0 Å². The van der Waals surface area contributed by atoms with Gasteiger partial charge in [-0.25, -0.2) is 14.8 Å². The number of ether oxygens (including phenoxy) is 1. The van der Waals surface area contributed by atoms with Gasteiger partial charge < -0.3 is 9.84 Å². The topological polar surface area (TPSA) is 96.1 Å². The van der Waals surface area contributed by atoms with E-state index in [1.165, 1.54) is 6.20 Å². The number of carboxylic acids is 1. The first kappa shape index (κ1) is 13.5. The van der Waals surface area contributed by atoms with Crippen molar-refractivity contribution in [2.24, 2.45) is 0 Å². The van der Waals surface area contributed by atoms with Gasteiger partial charge >= 0.3 is 5.97 Å². The third-order valence-corrected chi connectivity index (χ3v) is 2.58. The van der Waals surface area contributed by atoms with Gasteiger partial charge in [0.1, 0.15) is 18.4 Å². The van der Waals surface area contributed by atoms with E-state index in [1.54, 1.807) is 31.2 Å². The summed E-state index contributed by atoms with van der Waals surface area (Å²) in [4.78, 5) is 18.9. The second-order valence-corrected chi connectivity index (χ2v) is 4.02. The lowest BCUT2D eigenvalue weighted by Crippen LogP contribution is -2.07. The molecule has 0 bridgehead atoms. The van der Waals surface area contributed by atoms with E-state index in [9.17, 15) is 4.79 Å². The van der Waals surface area contributed by atoms with Crippen LogP contribution < -0.4 is 4.74 Å². The molecule has 100 valence electrons. The number of aromatic carboxylic acids is 1.